The third kappa shape index (κ3) is 7.14. The van der Waals surface area contributed by atoms with Crippen molar-refractivity contribution in [1.29, 1.82) is 0 Å². The number of aliphatic imine (C=N–C) groups is 1. The van der Waals surface area contributed by atoms with Crippen LogP contribution in [0.3, 0.4) is 0 Å². The molecule has 1 unspecified atom stereocenters. The van der Waals surface area contributed by atoms with Gasteiger partial charge in [-0.1, -0.05) is 13.8 Å². The average Bonchev–Trinajstić information content (AvgIpc) is 3.05. The van der Waals surface area contributed by atoms with Gasteiger partial charge in [0.25, 0.3) is 0 Å². The van der Waals surface area contributed by atoms with Crippen molar-refractivity contribution < 1.29 is 0 Å². The van der Waals surface area contributed by atoms with E-state index in [2.05, 4.69) is 64.1 Å². The normalized spacial score (nSPS) is 13.3. The highest BCUT2D eigenvalue weighted by Crippen LogP contribution is 2.13. The van der Waals surface area contributed by atoms with Crippen molar-refractivity contribution in [2.45, 2.75) is 53.1 Å². The molecule has 0 saturated carbocycles. The van der Waals surface area contributed by atoms with Gasteiger partial charge in [0.1, 0.15) is 5.65 Å². The minimum absolute atomic E-state index is 0.385. The molecule has 0 aliphatic rings. The van der Waals surface area contributed by atoms with Crippen LogP contribution in [0.2, 0.25) is 0 Å². The maximum absolute atomic E-state index is 4.71. The summed E-state index contributed by atoms with van der Waals surface area (Å²) in [7, 11) is 0. The number of imidazole rings is 1. The van der Waals surface area contributed by atoms with E-state index in [4.69, 9.17) is 4.99 Å². The molecule has 0 aliphatic heterocycles. The molecule has 0 amide bonds. The molecule has 0 aliphatic carbocycles. The molecule has 2 rings (SSSR count). The molecular formula is C20H33BrN6. The van der Waals surface area contributed by atoms with E-state index in [1.807, 2.05) is 28.9 Å². The van der Waals surface area contributed by atoms with Gasteiger partial charge in [-0.25, -0.2) is 9.98 Å². The Kier molecular flexibility index (Phi) is 9.07. The molecule has 2 aromatic rings. The largest absolute Gasteiger partial charge is 0.357 e. The summed E-state index contributed by atoms with van der Waals surface area (Å²) in [5, 5.41) is 6.85. The highest BCUT2D eigenvalue weighted by Gasteiger charge is 2.07. The number of nitrogens with one attached hydrogen (secondary N) is 2. The first-order chi connectivity index (χ1) is 13.0. The van der Waals surface area contributed by atoms with Gasteiger partial charge in [0, 0.05) is 29.5 Å². The lowest BCUT2D eigenvalue weighted by molar-refractivity contribution is 0.292. The number of hydrogen-bond donors (Lipinski definition) is 2. The van der Waals surface area contributed by atoms with Crippen LogP contribution in [-0.4, -0.2) is 52.5 Å². The molecule has 150 valence electrons. The quantitative estimate of drug-likeness (QED) is 0.440. The van der Waals surface area contributed by atoms with Gasteiger partial charge in [-0.2, -0.15) is 0 Å². The van der Waals surface area contributed by atoms with Crippen molar-refractivity contribution in [1.82, 2.24) is 24.9 Å². The van der Waals surface area contributed by atoms with Crippen molar-refractivity contribution in [3.8, 4) is 0 Å². The smallest absolute Gasteiger partial charge is 0.191 e. The molecule has 1 atom stereocenters. The lowest BCUT2D eigenvalue weighted by atomic mass is 10.2. The van der Waals surface area contributed by atoms with E-state index in [0.29, 0.717) is 12.6 Å². The van der Waals surface area contributed by atoms with Gasteiger partial charge in [0.15, 0.2) is 5.96 Å². The monoisotopic (exact) mass is 436 g/mol. The van der Waals surface area contributed by atoms with Crippen molar-refractivity contribution in [2.24, 2.45) is 4.99 Å². The maximum Gasteiger partial charge on any atom is 0.191 e. The second-order valence-corrected chi connectivity index (χ2v) is 7.67. The van der Waals surface area contributed by atoms with Crippen LogP contribution in [0.15, 0.2) is 34.0 Å². The molecule has 0 fully saturated rings. The molecule has 27 heavy (non-hydrogen) atoms. The Bertz CT molecular complexity index is 722. The van der Waals surface area contributed by atoms with Gasteiger partial charge in [-0.15, -0.1) is 0 Å². The standard InChI is InChI=1S/C20H33BrN6/c1-5-22-20(24-16(4)9-8-12-26(6-2)7-3)23-13-18-15-27-14-17(21)10-11-19(27)25-18/h10-11,14-16H,5-9,12-13H2,1-4H3,(H2,22,23,24). The van der Waals surface area contributed by atoms with Crippen molar-refractivity contribution >= 4 is 27.5 Å². The third-order valence-corrected chi connectivity index (χ3v) is 5.07. The molecule has 0 radical (unpaired) electrons. The first-order valence-electron chi connectivity index (χ1n) is 9.96. The summed E-state index contributed by atoms with van der Waals surface area (Å²) in [4.78, 5) is 11.8. The molecule has 0 saturated heterocycles. The number of rotatable bonds is 10. The molecule has 2 aromatic heterocycles. The average molecular weight is 437 g/mol. The van der Waals surface area contributed by atoms with Crippen LogP contribution in [0.4, 0.5) is 0 Å². The number of fused-ring (bicyclic) bond motifs is 1. The minimum atomic E-state index is 0.385. The molecule has 6 nitrogen and oxygen atoms in total. The molecule has 0 aromatic carbocycles. The second kappa shape index (κ2) is 11.3. The van der Waals surface area contributed by atoms with Gasteiger partial charge in [0.2, 0.25) is 0 Å². The van der Waals surface area contributed by atoms with E-state index in [1.54, 1.807) is 0 Å². The van der Waals surface area contributed by atoms with E-state index in [0.717, 1.165) is 54.4 Å². The first-order valence-corrected chi connectivity index (χ1v) is 10.7. The Labute approximate surface area is 171 Å². The first kappa shape index (κ1) is 21.7. The van der Waals surface area contributed by atoms with Gasteiger partial charge in [-0.3, -0.25) is 0 Å². The minimum Gasteiger partial charge on any atom is -0.357 e. The number of halogens is 1. The van der Waals surface area contributed by atoms with Crippen LogP contribution in [0.5, 0.6) is 0 Å². The number of pyridine rings is 1. The zero-order valence-corrected chi connectivity index (χ0v) is 18.6. The number of guanidine groups is 1. The number of nitrogens with zero attached hydrogens (tertiary/aromatic N) is 4. The molecule has 2 N–H and O–H groups in total. The predicted octanol–water partition coefficient (Wildman–Crippen LogP) is 3.66. The Morgan fingerprint density at radius 1 is 1.26 bits per heavy atom. The Hall–Kier alpha value is -1.60. The maximum atomic E-state index is 4.71. The Balaban J connectivity index is 1.90. The predicted molar refractivity (Wildman–Crippen MR) is 117 cm³/mol. The van der Waals surface area contributed by atoms with Crippen LogP contribution in [0.25, 0.3) is 5.65 Å². The van der Waals surface area contributed by atoms with Crippen molar-refractivity contribution in [3.63, 3.8) is 0 Å². The zero-order chi connectivity index (χ0) is 19.6. The summed E-state index contributed by atoms with van der Waals surface area (Å²) in [6.07, 6.45) is 6.36. The Morgan fingerprint density at radius 2 is 2.04 bits per heavy atom. The zero-order valence-electron chi connectivity index (χ0n) is 17.0. The lowest BCUT2D eigenvalue weighted by Crippen LogP contribution is -2.42. The highest BCUT2D eigenvalue weighted by atomic mass is 79.9. The van der Waals surface area contributed by atoms with Gasteiger partial charge < -0.3 is 19.9 Å². The fourth-order valence-electron chi connectivity index (χ4n) is 3.04. The van der Waals surface area contributed by atoms with Crippen molar-refractivity contribution in [3.05, 3.63) is 34.7 Å². The number of aromatic nitrogens is 2. The fraction of sp³-hybridized carbons (Fsp3) is 0.600. The third-order valence-electron chi connectivity index (χ3n) is 4.60. The van der Waals surface area contributed by atoms with E-state index in [-0.39, 0.29) is 0 Å². The SMILES string of the molecule is CCNC(=NCc1cn2cc(Br)ccc2n1)NC(C)CCCN(CC)CC. The topological polar surface area (TPSA) is 57.0 Å². The molecule has 2 heterocycles. The lowest BCUT2D eigenvalue weighted by Gasteiger charge is -2.21. The molecule has 0 spiro atoms. The van der Waals surface area contributed by atoms with Crippen LogP contribution < -0.4 is 10.6 Å². The van der Waals surface area contributed by atoms with Crippen LogP contribution in [-0.2, 0) is 6.54 Å². The summed E-state index contributed by atoms with van der Waals surface area (Å²) >= 11 is 3.49. The highest BCUT2D eigenvalue weighted by molar-refractivity contribution is 9.10. The van der Waals surface area contributed by atoms with E-state index in [9.17, 15) is 0 Å². The van der Waals surface area contributed by atoms with Gasteiger partial charge in [-0.05, 0) is 74.4 Å². The summed E-state index contributed by atoms with van der Waals surface area (Å²) in [5.41, 5.74) is 1.89. The van der Waals surface area contributed by atoms with Gasteiger partial charge >= 0.3 is 0 Å². The van der Waals surface area contributed by atoms with Crippen LogP contribution >= 0.6 is 15.9 Å². The second-order valence-electron chi connectivity index (χ2n) is 6.75. The number of hydrogen-bond acceptors (Lipinski definition) is 3. The Morgan fingerprint density at radius 3 is 2.74 bits per heavy atom. The van der Waals surface area contributed by atoms with Crippen molar-refractivity contribution in [2.75, 3.05) is 26.2 Å². The van der Waals surface area contributed by atoms with E-state index < -0.39 is 0 Å². The summed E-state index contributed by atoms with van der Waals surface area (Å²) in [5.74, 6) is 0.853. The van der Waals surface area contributed by atoms with E-state index in [1.165, 1.54) is 6.42 Å². The summed E-state index contributed by atoms with van der Waals surface area (Å²) in [6.45, 7) is 13.6. The fourth-order valence-corrected chi connectivity index (χ4v) is 3.39. The molecule has 7 heteroatoms. The molecule has 0 bridgehead atoms. The summed E-state index contributed by atoms with van der Waals surface area (Å²) in [6, 6.07) is 4.38. The van der Waals surface area contributed by atoms with Gasteiger partial charge in [0.05, 0.1) is 12.2 Å². The van der Waals surface area contributed by atoms with Crippen LogP contribution in [0, 0.1) is 0 Å². The van der Waals surface area contributed by atoms with Crippen LogP contribution in [0.1, 0.15) is 46.2 Å². The summed E-state index contributed by atoms with van der Waals surface area (Å²) < 4.78 is 3.06. The molecular weight excluding hydrogens is 404 g/mol. The van der Waals surface area contributed by atoms with E-state index >= 15 is 0 Å².